The number of carbonyl (C=O) groups excluding carboxylic acids is 1. The number of fused-ring (bicyclic) bond motifs is 1. The fraction of sp³-hybridized carbons (Fsp3) is 0.440. The van der Waals surface area contributed by atoms with E-state index in [2.05, 4.69) is 4.98 Å². The Morgan fingerprint density at radius 2 is 1.86 bits per heavy atom. The molecule has 0 bridgehead atoms. The van der Waals surface area contributed by atoms with Gasteiger partial charge in [-0.3, -0.25) is 9.69 Å². The lowest BCUT2D eigenvalue weighted by atomic mass is 10.1. The van der Waals surface area contributed by atoms with E-state index in [0.29, 0.717) is 30.3 Å². The van der Waals surface area contributed by atoms with Crippen molar-refractivity contribution in [2.24, 2.45) is 0 Å². The summed E-state index contributed by atoms with van der Waals surface area (Å²) in [5.74, 6) is 0.520. The number of nitrogens with zero attached hydrogens (tertiary/aromatic N) is 4. The highest BCUT2D eigenvalue weighted by molar-refractivity contribution is 7.89. The van der Waals surface area contributed by atoms with E-state index >= 15 is 0 Å². The molecule has 11 heteroatoms. The summed E-state index contributed by atoms with van der Waals surface area (Å²) in [5, 5.41) is 0.596. The first-order valence-corrected chi connectivity index (χ1v) is 14.0. The van der Waals surface area contributed by atoms with Crippen LogP contribution < -0.4 is 9.64 Å². The third-order valence-electron chi connectivity index (χ3n) is 6.28. The average molecular weight is 553 g/mol. The fourth-order valence-corrected chi connectivity index (χ4v) is 6.93. The maximum atomic E-state index is 13.6. The number of hydrogen-bond donors (Lipinski definition) is 0. The second-order valence-electron chi connectivity index (χ2n) is 9.08. The minimum atomic E-state index is -3.59. The van der Waals surface area contributed by atoms with Crippen molar-refractivity contribution >= 4 is 55.0 Å². The molecule has 0 saturated carbocycles. The average Bonchev–Trinajstić information content (AvgIpc) is 3.27. The molecule has 1 aliphatic rings. The predicted molar refractivity (Wildman–Crippen MR) is 147 cm³/mol. The molecule has 4 rings (SSSR count). The highest BCUT2D eigenvalue weighted by Crippen LogP contribution is 2.32. The SMILES string of the molecule is COc1ccc2nc(N(CCN(C)C)C(=O)c3ccc(S(=O)(=O)N4CCCCC4C)cc3)sc2c1.Cl. The molecule has 36 heavy (non-hydrogen) atoms. The van der Waals surface area contributed by atoms with E-state index in [0.717, 1.165) is 35.2 Å². The number of piperidine rings is 1. The van der Waals surface area contributed by atoms with Crippen molar-refractivity contribution in [3.63, 3.8) is 0 Å². The first kappa shape index (κ1) is 28.3. The molecule has 8 nitrogen and oxygen atoms in total. The van der Waals surface area contributed by atoms with Crippen LogP contribution in [0.5, 0.6) is 5.75 Å². The molecule has 3 aromatic rings. The zero-order valence-electron chi connectivity index (χ0n) is 21.0. The number of hydrogen-bond acceptors (Lipinski definition) is 7. The summed E-state index contributed by atoms with van der Waals surface area (Å²) in [4.78, 5) is 22.1. The summed E-state index contributed by atoms with van der Waals surface area (Å²) in [6.07, 6.45) is 2.78. The van der Waals surface area contributed by atoms with Crippen LogP contribution in [-0.2, 0) is 10.0 Å². The molecule has 0 N–H and O–H groups in total. The molecule has 0 aliphatic carbocycles. The maximum absolute atomic E-state index is 13.6. The maximum Gasteiger partial charge on any atom is 0.260 e. The Kier molecular flexibility index (Phi) is 9.34. The molecule has 0 radical (unpaired) electrons. The number of sulfonamides is 1. The zero-order chi connectivity index (χ0) is 25.2. The number of benzene rings is 2. The Labute approximate surface area is 223 Å². The first-order valence-electron chi connectivity index (χ1n) is 11.7. The quantitative estimate of drug-likeness (QED) is 0.409. The number of likely N-dealkylation sites (N-methyl/N-ethyl adjacent to an activating group) is 1. The van der Waals surface area contributed by atoms with Crippen molar-refractivity contribution < 1.29 is 17.9 Å². The molecule has 1 saturated heterocycles. The van der Waals surface area contributed by atoms with Gasteiger partial charge in [-0.2, -0.15) is 4.31 Å². The summed E-state index contributed by atoms with van der Waals surface area (Å²) in [6.45, 7) is 3.59. The molecule has 1 fully saturated rings. The molecule has 1 unspecified atom stereocenters. The van der Waals surface area contributed by atoms with Gasteiger partial charge < -0.3 is 9.64 Å². The molecular weight excluding hydrogens is 520 g/mol. The van der Waals surface area contributed by atoms with Crippen molar-refractivity contribution in [2.45, 2.75) is 37.1 Å². The zero-order valence-corrected chi connectivity index (χ0v) is 23.5. The number of methoxy groups -OCH3 is 1. The second-order valence-corrected chi connectivity index (χ2v) is 12.0. The lowest BCUT2D eigenvalue weighted by Gasteiger charge is -2.32. The molecule has 196 valence electrons. The van der Waals surface area contributed by atoms with Gasteiger partial charge in [0.25, 0.3) is 5.91 Å². The number of amides is 1. The molecule has 0 spiro atoms. The molecule has 1 aliphatic heterocycles. The number of anilines is 1. The van der Waals surface area contributed by atoms with Crippen LogP contribution in [0.2, 0.25) is 0 Å². The highest BCUT2D eigenvalue weighted by atomic mass is 35.5. The van der Waals surface area contributed by atoms with Gasteiger partial charge in [0, 0.05) is 31.2 Å². The van der Waals surface area contributed by atoms with Gasteiger partial charge in [0.2, 0.25) is 10.0 Å². The molecule has 1 aromatic heterocycles. The number of ether oxygens (including phenoxy) is 1. The van der Waals surface area contributed by atoms with E-state index in [-0.39, 0.29) is 29.3 Å². The smallest absolute Gasteiger partial charge is 0.260 e. The van der Waals surface area contributed by atoms with Gasteiger partial charge in [0.15, 0.2) is 5.13 Å². The van der Waals surface area contributed by atoms with E-state index in [1.807, 2.05) is 44.1 Å². The second kappa shape index (κ2) is 11.9. The Balaban J connectivity index is 0.00000361. The molecule has 2 heterocycles. The number of halogens is 1. The van der Waals surface area contributed by atoms with Gasteiger partial charge in [-0.25, -0.2) is 13.4 Å². The van der Waals surface area contributed by atoms with E-state index in [1.54, 1.807) is 28.4 Å². The lowest BCUT2D eigenvalue weighted by molar-refractivity contribution is 0.0985. The number of carbonyl (C=O) groups is 1. The van der Waals surface area contributed by atoms with Crippen LogP contribution in [0.15, 0.2) is 47.4 Å². The van der Waals surface area contributed by atoms with Crippen molar-refractivity contribution in [3.05, 3.63) is 48.0 Å². The third kappa shape index (κ3) is 6.00. The molecule has 1 amide bonds. The van der Waals surface area contributed by atoms with E-state index in [1.165, 1.54) is 23.5 Å². The predicted octanol–water partition coefficient (Wildman–Crippen LogP) is 4.50. The van der Waals surface area contributed by atoms with Crippen molar-refractivity contribution in [1.82, 2.24) is 14.2 Å². The van der Waals surface area contributed by atoms with E-state index in [4.69, 9.17) is 4.74 Å². The topological polar surface area (TPSA) is 83.0 Å². The number of aromatic nitrogens is 1. The third-order valence-corrected chi connectivity index (χ3v) is 9.35. The van der Waals surface area contributed by atoms with Crippen LogP contribution in [0.1, 0.15) is 36.5 Å². The normalized spacial score (nSPS) is 16.6. The van der Waals surface area contributed by atoms with Crippen molar-refractivity contribution in [3.8, 4) is 5.75 Å². The van der Waals surface area contributed by atoms with Crippen LogP contribution in [0.3, 0.4) is 0 Å². The minimum absolute atomic E-state index is 0. The standard InChI is InChI=1S/C25H32N4O4S2.ClH/c1-18-7-5-6-14-29(18)35(31,32)21-11-8-19(9-12-21)24(30)28(16-15-27(2)3)25-26-22-13-10-20(33-4)17-23(22)34-25;/h8-13,17-18H,5-7,14-16H2,1-4H3;1H. The van der Waals surface area contributed by atoms with Gasteiger partial charge in [-0.05, 0) is 76.3 Å². The summed E-state index contributed by atoms with van der Waals surface area (Å²) >= 11 is 1.43. The fourth-order valence-electron chi connectivity index (χ4n) is 4.21. The van der Waals surface area contributed by atoms with Gasteiger partial charge in [0.1, 0.15) is 5.75 Å². The van der Waals surface area contributed by atoms with E-state index < -0.39 is 10.0 Å². The lowest BCUT2D eigenvalue weighted by Crippen LogP contribution is -2.41. The van der Waals surface area contributed by atoms with Gasteiger partial charge >= 0.3 is 0 Å². The van der Waals surface area contributed by atoms with Crippen LogP contribution in [0.4, 0.5) is 5.13 Å². The Morgan fingerprint density at radius 1 is 1.14 bits per heavy atom. The van der Waals surface area contributed by atoms with Crippen molar-refractivity contribution in [1.29, 1.82) is 0 Å². The molecule has 2 aromatic carbocycles. The van der Waals surface area contributed by atoms with Gasteiger partial charge in [-0.1, -0.05) is 17.8 Å². The van der Waals surface area contributed by atoms with Crippen LogP contribution in [0.25, 0.3) is 10.2 Å². The minimum Gasteiger partial charge on any atom is -0.497 e. The molecule has 1 atom stereocenters. The largest absolute Gasteiger partial charge is 0.497 e. The van der Waals surface area contributed by atoms with Gasteiger partial charge in [-0.15, -0.1) is 12.4 Å². The summed E-state index contributed by atoms with van der Waals surface area (Å²) in [5.41, 5.74) is 1.22. The Bertz CT molecular complexity index is 1300. The summed E-state index contributed by atoms with van der Waals surface area (Å²) < 4.78 is 34.2. The summed E-state index contributed by atoms with van der Waals surface area (Å²) in [6, 6.07) is 11.9. The Hall–Kier alpha value is -2.24. The number of thiazole rings is 1. The van der Waals surface area contributed by atoms with Crippen LogP contribution >= 0.6 is 23.7 Å². The Morgan fingerprint density at radius 3 is 2.50 bits per heavy atom. The van der Waals surface area contributed by atoms with Crippen molar-refractivity contribution in [2.75, 3.05) is 45.7 Å². The van der Waals surface area contributed by atoms with E-state index in [9.17, 15) is 13.2 Å². The van der Waals surface area contributed by atoms with Crippen LogP contribution in [-0.4, -0.2) is 75.4 Å². The first-order chi connectivity index (χ1) is 16.7. The van der Waals surface area contributed by atoms with Crippen LogP contribution in [0, 0.1) is 0 Å². The molecular formula is C25H33ClN4O4S2. The highest BCUT2D eigenvalue weighted by Gasteiger charge is 2.31. The van der Waals surface area contributed by atoms with Gasteiger partial charge in [0.05, 0.1) is 22.2 Å². The monoisotopic (exact) mass is 552 g/mol. The number of rotatable bonds is 8. The summed E-state index contributed by atoms with van der Waals surface area (Å²) in [7, 11) is 1.93.